The van der Waals surface area contributed by atoms with Gasteiger partial charge >= 0.3 is 0 Å². The maximum Gasteiger partial charge on any atom is 0.247 e. The highest BCUT2D eigenvalue weighted by Gasteiger charge is 2.39. The SMILES string of the molecule is O=C([O-])CC1SC(=NN=CC=Cc2ccccc2)N(c2ccc(O)cc2)C1=O. The number of carboxylic acids is 1. The quantitative estimate of drug-likeness (QED) is 0.596. The summed E-state index contributed by atoms with van der Waals surface area (Å²) in [5.41, 5.74) is 1.47. The molecule has 7 nitrogen and oxygen atoms in total. The van der Waals surface area contributed by atoms with E-state index in [9.17, 15) is 19.8 Å². The van der Waals surface area contributed by atoms with Gasteiger partial charge in [0.2, 0.25) is 5.91 Å². The first-order valence-electron chi connectivity index (χ1n) is 8.37. The molecule has 1 saturated heterocycles. The highest BCUT2D eigenvalue weighted by Crippen LogP contribution is 2.34. The van der Waals surface area contributed by atoms with Gasteiger partial charge in [0, 0.05) is 18.6 Å². The summed E-state index contributed by atoms with van der Waals surface area (Å²) >= 11 is 1.01. The Morgan fingerprint density at radius 1 is 1.18 bits per heavy atom. The molecule has 1 aliphatic heterocycles. The van der Waals surface area contributed by atoms with E-state index in [1.54, 1.807) is 18.2 Å². The van der Waals surface area contributed by atoms with Gasteiger partial charge in [0.25, 0.3) is 0 Å². The highest BCUT2D eigenvalue weighted by molar-refractivity contribution is 8.16. The lowest BCUT2D eigenvalue weighted by atomic mass is 10.2. The first-order chi connectivity index (χ1) is 13.5. The molecule has 1 amide bonds. The van der Waals surface area contributed by atoms with Crippen LogP contribution in [-0.2, 0) is 9.59 Å². The fourth-order valence-electron chi connectivity index (χ4n) is 2.50. The number of nitrogens with zero attached hydrogens (tertiary/aromatic N) is 3. The maximum absolute atomic E-state index is 12.6. The van der Waals surface area contributed by atoms with Crippen molar-refractivity contribution in [3.8, 4) is 5.75 Å². The molecule has 1 N–H and O–H groups in total. The summed E-state index contributed by atoms with van der Waals surface area (Å²) < 4.78 is 0. The summed E-state index contributed by atoms with van der Waals surface area (Å²) in [6.07, 6.45) is 4.62. The number of hydrogen-bond acceptors (Lipinski definition) is 7. The Hall–Kier alpha value is -3.39. The number of phenolic OH excluding ortho intramolecular Hbond substituents is 1. The fraction of sp³-hybridized carbons (Fsp3) is 0.100. The molecule has 0 radical (unpaired) electrons. The Morgan fingerprint density at radius 3 is 2.57 bits per heavy atom. The Morgan fingerprint density at radius 2 is 1.89 bits per heavy atom. The van der Waals surface area contributed by atoms with Crippen LogP contribution >= 0.6 is 11.8 Å². The van der Waals surface area contributed by atoms with Gasteiger partial charge in [-0.1, -0.05) is 48.2 Å². The van der Waals surface area contributed by atoms with E-state index in [2.05, 4.69) is 10.2 Å². The van der Waals surface area contributed by atoms with Gasteiger partial charge in [-0.15, -0.1) is 5.10 Å². The van der Waals surface area contributed by atoms with Gasteiger partial charge < -0.3 is 15.0 Å². The summed E-state index contributed by atoms with van der Waals surface area (Å²) in [5, 5.41) is 27.8. The van der Waals surface area contributed by atoms with E-state index in [1.165, 1.54) is 23.2 Å². The van der Waals surface area contributed by atoms with Gasteiger partial charge in [0.15, 0.2) is 5.17 Å². The van der Waals surface area contributed by atoms with Crippen LogP contribution in [0, 0.1) is 0 Å². The van der Waals surface area contributed by atoms with Crippen LogP contribution in [0.1, 0.15) is 12.0 Å². The third-order valence-electron chi connectivity index (χ3n) is 3.78. The van der Waals surface area contributed by atoms with Crippen LogP contribution in [0.5, 0.6) is 5.75 Å². The van der Waals surface area contributed by atoms with E-state index in [0.29, 0.717) is 5.69 Å². The smallest absolute Gasteiger partial charge is 0.247 e. The third-order valence-corrected chi connectivity index (χ3v) is 4.91. The number of amides is 1. The van der Waals surface area contributed by atoms with Crippen molar-refractivity contribution >= 4 is 46.8 Å². The van der Waals surface area contributed by atoms with Gasteiger partial charge in [-0.2, -0.15) is 5.10 Å². The molecule has 0 saturated carbocycles. The molecule has 2 aromatic carbocycles. The number of carboxylic acid groups (broad SMARTS) is 1. The monoisotopic (exact) mass is 394 g/mol. The van der Waals surface area contributed by atoms with Gasteiger partial charge in [-0.05, 0) is 35.9 Å². The predicted octanol–water partition coefficient (Wildman–Crippen LogP) is 2.04. The lowest BCUT2D eigenvalue weighted by Gasteiger charge is -2.15. The number of carbonyl (C=O) groups excluding carboxylic acids is 2. The minimum atomic E-state index is -1.31. The number of amidine groups is 1. The zero-order chi connectivity index (χ0) is 19.9. The predicted molar refractivity (Wildman–Crippen MR) is 108 cm³/mol. The molecule has 1 atom stereocenters. The molecule has 0 spiro atoms. The summed E-state index contributed by atoms with van der Waals surface area (Å²) in [5.74, 6) is -1.68. The molecule has 2 aromatic rings. The largest absolute Gasteiger partial charge is 0.550 e. The van der Waals surface area contributed by atoms with Gasteiger partial charge in [-0.25, -0.2) is 0 Å². The first kappa shape index (κ1) is 19.4. The molecule has 1 unspecified atom stereocenters. The second-order valence-electron chi connectivity index (χ2n) is 5.79. The number of phenols is 1. The number of rotatable bonds is 6. The molecule has 0 bridgehead atoms. The van der Waals surface area contributed by atoms with Crippen LogP contribution in [0.3, 0.4) is 0 Å². The molecular formula is C20H16N3O4S-. The van der Waals surface area contributed by atoms with E-state index < -0.39 is 23.5 Å². The number of allylic oxidation sites excluding steroid dienone is 1. The zero-order valence-corrected chi connectivity index (χ0v) is 15.5. The second-order valence-corrected chi connectivity index (χ2v) is 6.96. The van der Waals surface area contributed by atoms with Crippen LogP contribution in [0.2, 0.25) is 0 Å². The summed E-state index contributed by atoms with van der Waals surface area (Å²) in [6, 6.07) is 15.6. The molecule has 3 rings (SSSR count). The van der Waals surface area contributed by atoms with Crippen LogP contribution in [-0.4, -0.2) is 33.6 Å². The molecule has 0 aliphatic carbocycles. The number of aromatic hydroxyl groups is 1. The molecule has 142 valence electrons. The van der Waals surface area contributed by atoms with Crippen molar-refractivity contribution in [3.63, 3.8) is 0 Å². The van der Waals surface area contributed by atoms with Crippen molar-refractivity contribution in [2.75, 3.05) is 4.90 Å². The average molecular weight is 394 g/mol. The van der Waals surface area contributed by atoms with E-state index in [0.717, 1.165) is 17.3 Å². The van der Waals surface area contributed by atoms with E-state index in [1.807, 2.05) is 36.4 Å². The fourth-order valence-corrected chi connectivity index (χ4v) is 3.57. The van der Waals surface area contributed by atoms with Crippen LogP contribution in [0.25, 0.3) is 6.08 Å². The van der Waals surface area contributed by atoms with E-state index in [4.69, 9.17) is 0 Å². The maximum atomic E-state index is 12.6. The van der Waals surface area contributed by atoms with Crippen LogP contribution in [0.15, 0.2) is 70.9 Å². The van der Waals surface area contributed by atoms with Crippen LogP contribution in [0.4, 0.5) is 5.69 Å². The number of anilines is 1. The minimum Gasteiger partial charge on any atom is -0.550 e. The van der Waals surface area contributed by atoms with Gasteiger partial charge in [0.05, 0.1) is 10.9 Å². The van der Waals surface area contributed by atoms with E-state index in [-0.39, 0.29) is 10.9 Å². The number of carbonyl (C=O) groups is 2. The molecular weight excluding hydrogens is 378 g/mol. The summed E-state index contributed by atoms with van der Waals surface area (Å²) in [6.45, 7) is 0. The van der Waals surface area contributed by atoms with Crippen molar-refractivity contribution < 1.29 is 19.8 Å². The average Bonchev–Trinajstić information content (AvgIpc) is 2.98. The topological polar surface area (TPSA) is 105 Å². The normalized spacial score (nSPS) is 18.6. The minimum absolute atomic E-state index is 0.0527. The van der Waals surface area contributed by atoms with Gasteiger partial charge in [0.1, 0.15) is 5.75 Å². The van der Waals surface area contributed by atoms with Gasteiger partial charge in [-0.3, -0.25) is 9.69 Å². The summed E-state index contributed by atoms with van der Waals surface area (Å²) in [7, 11) is 0. The molecule has 1 aliphatic rings. The van der Waals surface area contributed by atoms with Crippen molar-refractivity contribution in [3.05, 3.63) is 66.2 Å². The highest BCUT2D eigenvalue weighted by atomic mass is 32.2. The standard InChI is InChI=1S/C20H17N3O4S/c24-16-10-8-15(9-11-16)23-19(27)17(13-18(25)26)28-20(23)22-21-12-4-7-14-5-2-1-3-6-14/h1-12,17,24H,13H2,(H,25,26)/p-1. The van der Waals surface area contributed by atoms with Crippen LogP contribution < -0.4 is 10.0 Å². The first-order valence-corrected chi connectivity index (χ1v) is 9.25. The molecule has 8 heteroatoms. The second kappa shape index (κ2) is 9.01. The Labute approximate surface area is 165 Å². The number of thioether (sulfide) groups is 1. The van der Waals surface area contributed by atoms with Crippen molar-refractivity contribution in [1.29, 1.82) is 0 Å². The Balaban J connectivity index is 1.80. The lowest BCUT2D eigenvalue weighted by molar-refractivity contribution is -0.305. The number of hydrogen-bond donors (Lipinski definition) is 1. The van der Waals surface area contributed by atoms with Crippen molar-refractivity contribution in [2.45, 2.75) is 11.7 Å². The molecule has 1 fully saturated rings. The number of aliphatic carboxylic acids is 1. The summed E-state index contributed by atoms with van der Waals surface area (Å²) in [4.78, 5) is 24.8. The zero-order valence-electron chi connectivity index (χ0n) is 14.6. The number of benzene rings is 2. The van der Waals surface area contributed by atoms with E-state index >= 15 is 0 Å². The molecule has 1 heterocycles. The Kier molecular flexibility index (Phi) is 6.23. The third kappa shape index (κ3) is 4.86. The van der Waals surface area contributed by atoms with Crippen molar-refractivity contribution in [2.24, 2.45) is 10.2 Å². The Bertz CT molecular complexity index is 940. The van der Waals surface area contributed by atoms with Crippen molar-refractivity contribution in [1.82, 2.24) is 0 Å². The lowest BCUT2D eigenvalue weighted by Crippen LogP contribution is -2.35. The molecule has 28 heavy (non-hydrogen) atoms. The molecule has 0 aromatic heterocycles.